The van der Waals surface area contributed by atoms with E-state index in [4.69, 9.17) is 25.8 Å². The number of esters is 2. The highest BCUT2D eigenvalue weighted by molar-refractivity contribution is 6.31. The highest BCUT2D eigenvalue weighted by atomic mass is 35.5. The number of hydrogen-bond acceptors (Lipinski definition) is 6. The van der Waals surface area contributed by atoms with Crippen LogP contribution in [0.4, 0.5) is 0 Å². The Morgan fingerprint density at radius 1 is 1.00 bits per heavy atom. The number of benzene rings is 2. The molecule has 0 spiro atoms. The monoisotopic (exact) mass is 350 g/mol. The number of carbonyl (C=O) groups excluding carboxylic acids is 2. The fourth-order valence-electron chi connectivity index (χ4n) is 1.83. The molecule has 7 heteroatoms. The minimum atomic E-state index is -0.668. The summed E-state index contributed by atoms with van der Waals surface area (Å²) in [4.78, 5) is 23.6. The maximum atomic E-state index is 11.9. The van der Waals surface area contributed by atoms with Gasteiger partial charge in [-0.2, -0.15) is 0 Å². The lowest BCUT2D eigenvalue weighted by Gasteiger charge is -2.10. The number of hydrogen-bond donors (Lipinski definition) is 0. The topological polar surface area (TPSA) is 71.1 Å². The standard InChI is InChI=1S/C17H15ClO6/c1-21-12-4-6-13(7-5-12)23-10-16(19)24-15-8-3-11(18)9-14(15)17(20)22-2/h3-9H,10H2,1-2H3. The maximum absolute atomic E-state index is 11.9. The predicted octanol–water partition coefficient (Wildman–Crippen LogP) is 3.12. The molecule has 6 nitrogen and oxygen atoms in total. The van der Waals surface area contributed by atoms with E-state index in [1.54, 1.807) is 31.4 Å². The molecule has 0 atom stereocenters. The van der Waals surface area contributed by atoms with Gasteiger partial charge < -0.3 is 18.9 Å². The van der Waals surface area contributed by atoms with Gasteiger partial charge in [0.05, 0.1) is 14.2 Å². The zero-order valence-electron chi connectivity index (χ0n) is 13.1. The van der Waals surface area contributed by atoms with Gasteiger partial charge >= 0.3 is 11.9 Å². The third-order valence-electron chi connectivity index (χ3n) is 2.99. The molecule has 24 heavy (non-hydrogen) atoms. The number of ether oxygens (including phenoxy) is 4. The van der Waals surface area contributed by atoms with E-state index in [0.717, 1.165) is 0 Å². The molecule has 2 aromatic carbocycles. The van der Waals surface area contributed by atoms with Gasteiger partial charge in [-0.15, -0.1) is 0 Å². The molecule has 0 saturated heterocycles. The lowest BCUT2D eigenvalue weighted by Crippen LogP contribution is -2.19. The summed E-state index contributed by atoms with van der Waals surface area (Å²) in [6.07, 6.45) is 0. The molecule has 0 aliphatic rings. The van der Waals surface area contributed by atoms with Crippen LogP contribution in [0.3, 0.4) is 0 Å². The molecule has 0 amide bonds. The highest BCUT2D eigenvalue weighted by Crippen LogP contribution is 2.24. The Bertz CT molecular complexity index is 726. The van der Waals surface area contributed by atoms with Crippen LogP contribution in [-0.4, -0.2) is 32.8 Å². The normalized spacial score (nSPS) is 9.96. The van der Waals surface area contributed by atoms with Crippen molar-refractivity contribution in [1.29, 1.82) is 0 Å². The van der Waals surface area contributed by atoms with Crippen molar-refractivity contribution < 1.29 is 28.5 Å². The van der Waals surface area contributed by atoms with Gasteiger partial charge in [-0.05, 0) is 42.5 Å². The molecule has 0 aliphatic carbocycles. The second-order valence-electron chi connectivity index (χ2n) is 4.57. The number of rotatable bonds is 6. The van der Waals surface area contributed by atoms with E-state index in [-0.39, 0.29) is 17.9 Å². The van der Waals surface area contributed by atoms with E-state index in [2.05, 4.69) is 4.74 Å². The van der Waals surface area contributed by atoms with Gasteiger partial charge in [0.2, 0.25) is 0 Å². The van der Waals surface area contributed by atoms with E-state index >= 15 is 0 Å². The predicted molar refractivity (Wildman–Crippen MR) is 86.9 cm³/mol. The van der Waals surface area contributed by atoms with Crippen LogP contribution in [0.15, 0.2) is 42.5 Å². The molecule has 2 rings (SSSR count). The lowest BCUT2D eigenvalue weighted by atomic mass is 10.2. The van der Waals surface area contributed by atoms with Gasteiger partial charge in [0, 0.05) is 5.02 Å². The van der Waals surface area contributed by atoms with Crippen molar-refractivity contribution >= 4 is 23.5 Å². The molecule has 0 N–H and O–H groups in total. The molecule has 126 valence electrons. The fraction of sp³-hybridized carbons (Fsp3) is 0.176. The SMILES string of the molecule is COC(=O)c1cc(Cl)ccc1OC(=O)COc1ccc(OC)cc1. The molecule has 0 fully saturated rings. The Morgan fingerprint density at radius 3 is 2.29 bits per heavy atom. The number of carbonyl (C=O) groups is 2. The maximum Gasteiger partial charge on any atom is 0.349 e. The Labute approximate surface area is 143 Å². The van der Waals surface area contributed by atoms with Gasteiger partial charge in [-0.1, -0.05) is 11.6 Å². The van der Waals surface area contributed by atoms with Crippen molar-refractivity contribution in [2.75, 3.05) is 20.8 Å². The largest absolute Gasteiger partial charge is 0.497 e. The van der Waals surface area contributed by atoms with Crippen LogP contribution in [0.1, 0.15) is 10.4 Å². The molecular weight excluding hydrogens is 336 g/mol. The molecule has 0 heterocycles. The fourth-order valence-corrected chi connectivity index (χ4v) is 2.00. The zero-order valence-corrected chi connectivity index (χ0v) is 13.8. The Morgan fingerprint density at radius 2 is 1.67 bits per heavy atom. The number of halogens is 1. The second-order valence-corrected chi connectivity index (χ2v) is 5.01. The van der Waals surface area contributed by atoms with Crippen LogP contribution in [0.2, 0.25) is 5.02 Å². The molecule has 0 saturated carbocycles. The minimum absolute atomic E-state index is 0.0505. The molecule has 2 aromatic rings. The van der Waals surface area contributed by atoms with Crippen molar-refractivity contribution in [2.45, 2.75) is 0 Å². The van der Waals surface area contributed by atoms with Crippen molar-refractivity contribution in [3.63, 3.8) is 0 Å². The zero-order chi connectivity index (χ0) is 17.5. The summed E-state index contributed by atoms with van der Waals surface area (Å²) in [5.74, 6) is -0.116. The van der Waals surface area contributed by atoms with E-state index in [0.29, 0.717) is 16.5 Å². The van der Waals surface area contributed by atoms with Crippen LogP contribution in [-0.2, 0) is 9.53 Å². The summed E-state index contributed by atoms with van der Waals surface area (Å²) in [6.45, 7) is -0.324. The smallest absolute Gasteiger partial charge is 0.349 e. The van der Waals surface area contributed by atoms with Gasteiger partial charge in [-0.25, -0.2) is 9.59 Å². The van der Waals surface area contributed by atoms with E-state index in [1.165, 1.54) is 25.3 Å². The Balaban J connectivity index is 2.00. The molecule has 0 unspecified atom stereocenters. The first-order chi connectivity index (χ1) is 11.5. The lowest BCUT2D eigenvalue weighted by molar-refractivity contribution is -0.136. The molecule has 0 radical (unpaired) electrons. The van der Waals surface area contributed by atoms with Crippen molar-refractivity contribution in [3.05, 3.63) is 53.1 Å². The van der Waals surface area contributed by atoms with Gasteiger partial charge in [0.25, 0.3) is 0 Å². The molecule has 0 bridgehead atoms. The number of methoxy groups -OCH3 is 2. The Hall–Kier alpha value is -2.73. The first kappa shape index (κ1) is 17.6. The third kappa shape index (κ3) is 4.63. The minimum Gasteiger partial charge on any atom is -0.497 e. The van der Waals surface area contributed by atoms with Crippen molar-refractivity contribution in [1.82, 2.24) is 0 Å². The van der Waals surface area contributed by atoms with Gasteiger partial charge in [-0.3, -0.25) is 0 Å². The quantitative estimate of drug-likeness (QED) is 0.589. The average molecular weight is 351 g/mol. The molecule has 0 aromatic heterocycles. The van der Waals surface area contributed by atoms with Crippen LogP contribution in [0.25, 0.3) is 0 Å². The average Bonchev–Trinajstić information content (AvgIpc) is 2.61. The summed E-state index contributed by atoms with van der Waals surface area (Å²) in [5.41, 5.74) is 0.0581. The third-order valence-corrected chi connectivity index (χ3v) is 3.22. The van der Waals surface area contributed by atoms with E-state index in [1.807, 2.05) is 0 Å². The summed E-state index contributed by atoms with van der Waals surface area (Å²) >= 11 is 5.84. The van der Waals surface area contributed by atoms with Gasteiger partial charge in [0.15, 0.2) is 6.61 Å². The second kappa shape index (κ2) is 8.21. The summed E-state index contributed by atoms with van der Waals surface area (Å²) in [6, 6.07) is 11.0. The van der Waals surface area contributed by atoms with E-state index in [9.17, 15) is 9.59 Å². The van der Waals surface area contributed by atoms with Gasteiger partial charge in [0.1, 0.15) is 22.8 Å². The first-order valence-corrected chi connectivity index (χ1v) is 7.26. The summed E-state index contributed by atoms with van der Waals surface area (Å²) in [5, 5.41) is 0.324. The summed E-state index contributed by atoms with van der Waals surface area (Å²) < 4.78 is 20.1. The van der Waals surface area contributed by atoms with Crippen LogP contribution in [0, 0.1) is 0 Å². The highest BCUT2D eigenvalue weighted by Gasteiger charge is 2.17. The van der Waals surface area contributed by atoms with Crippen molar-refractivity contribution in [2.24, 2.45) is 0 Å². The molecular formula is C17H15ClO6. The van der Waals surface area contributed by atoms with Crippen LogP contribution >= 0.6 is 11.6 Å². The van der Waals surface area contributed by atoms with Crippen LogP contribution < -0.4 is 14.2 Å². The van der Waals surface area contributed by atoms with Crippen molar-refractivity contribution in [3.8, 4) is 17.2 Å². The van der Waals surface area contributed by atoms with E-state index < -0.39 is 11.9 Å². The summed E-state index contributed by atoms with van der Waals surface area (Å²) in [7, 11) is 2.78. The Kier molecular flexibility index (Phi) is 6.03. The van der Waals surface area contributed by atoms with Crippen LogP contribution in [0.5, 0.6) is 17.2 Å². The first-order valence-electron chi connectivity index (χ1n) is 6.89. The molecule has 0 aliphatic heterocycles.